The fraction of sp³-hybridized carbons (Fsp3) is 0.278. The summed E-state index contributed by atoms with van der Waals surface area (Å²) in [5.74, 6) is 0.364. The maximum atomic E-state index is 11.5. The zero-order valence-corrected chi connectivity index (χ0v) is 14.6. The molecule has 1 aliphatic rings. The minimum absolute atomic E-state index is 0.160. The lowest BCUT2D eigenvalue weighted by molar-refractivity contribution is -0.114. The van der Waals surface area contributed by atoms with E-state index < -0.39 is 0 Å². The van der Waals surface area contributed by atoms with Crippen molar-refractivity contribution >= 4 is 34.4 Å². The molecule has 1 aliphatic carbocycles. The van der Waals surface area contributed by atoms with E-state index in [0.717, 1.165) is 11.3 Å². The first kappa shape index (κ1) is 17.5. The van der Waals surface area contributed by atoms with Crippen molar-refractivity contribution in [3.63, 3.8) is 0 Å². The van der Waals surface area contributed by atoms with Gasteiger partial charge in [-0.3, -0.25) is 4.79 Å². The highest BCUT2D eigenvalue weighted by Gasteiger charge is 2.15. The summed E-state index contributed by atoms with van der Waals surface area (Å²) in [6.07, 6.45) is 3.44. The van der Waals surface area contributed by atoms with Crippen LogP contribution in [0.5, 0.6) is 0 Å². The van der Waals surface area contributed by atoms with E-state index >= 15 is 0 Å². The standard InChI is InChI=1S/C18H22N4O2/c1-11-8-17(18(24-5)10-14(11)19)21-15-7-6-13(22(3)4)9-16(15)20-12(2)23/h6-10,19H,1-5H3,(H,20,23). The summed E-state index contributed by atoms with van der Waals surface area (Å²) in [4.78, 5) is 18.1. The quantitative estimate of drug-likeness (QED) is 0.833. The number of amides is 1. The first-order chi connectivity index (χ1) is 11.3. The Balaban J connectivity index is 2.52. The van der Waals surface area contributed by atoms with Gasteiger partial charge in [0.05, 0.1) is 24.2 Å². The van der Waals surface area contributed by atoms with Crippen molar-refractivity contribution in [2.45, 2.75) is 13.8 Å². The molecule has 126 valence electrons. The number of benzene rings is 1. The fourth-order valence-corrected chi connectivity index (χ4v) is 2.24. The number of rotatable bonds is 4. The van der Waals surface area contributed by atoms with Crippen LogP contribution in [-0.2, 0) is 9.53 Å². The molecule has 0 aliphatic heterocycles. The summed E-state index contributed by atoms with van der Waals surface area (Å²) < 4.78 is 5.33. The Kier molecular flexibility index (Phi) is 5.18. The van der Waals surface area contributed by atoms with Crippen molar-refractivity contribution in [3.05, 3.63) is 41.7 Å². The number of carbonyl (C=O) groups is 1. The van der Waals surface area contributed by atoms with Gasteiger partial charge in [0.15, 0.2) is 0 Å². The number of nitrogens with zero attached hydrogens (tertiary/aromatic N) is 2. The summed E-state index contributed by atoms with van der Waals surface area (Å²) in [5, 5.41) is 10.7. The van der Waals surface area contributed by atoms with Gasteiger partial charge in [0.2, 0.25) is 5.91 Å². The predicted octanol–water partition coefficient (Wildman–Crippen LogP) is 3.29. The van der Waals surface area contributed by atoms with Gasteiger partial charge in [-0.2, -0.15) is 0 Å². The highest BCUT2D eigenvalue weighted by atomic mass is 16.5. The molecular weight excluding hydrogens is 304 g/mol. The third-order valence-corrected chi connectivity index (χ3v) is 3.57. The van der Waals surface area contributed by atoms with Crippen molar-refractivity contribution < 1.29 is 9.53 Å². The van der Waals surface area contributed by atoms with Gasteiger partial charge in [0.25, 0.3) is 0 Å². The molecule has 0 saturated carbocycles. The molecule has 2 rings (SSSR count). The van der Waals surface area contributed by atoms with Gasteiger partial charge >= 0.3 is 0 Å². The molecule has 0 aromatic heterocycles. The number of nitrogens with one attached hydrogen (secondary N) is 2. The van der Waals surface area contributed by atoms with Gasteiger partial charge < -0.3 is 20.4 Å². The van der Waals surface area contributed by atoms with Gasteiger partial charge in [-0.25, -0.2) is 4.99 Å². The molecule has 24 heavy (non-hydrogen) atoms. The van der Waals surface area contributed by atoms with Gasteiger partial charge in [0, 0.05) is 32.8 Å². The molecular formula is C18H22N4O2. The van der Waals surface area contributed by atoms with Crippen molar-refractivity contribution in [1.82, 2.24) is 0 Å². The summed E-state index contributed by atoms with van der Waals surface area (Å²) in [7, 11) is 5.42. The van der Waals surface area contributed by atoms with Crippen molar-refractivity contribution in [2.24, 2.45) is 4.99 Å². The number of hydrogen-bond acceptors (Lipinski definition) is 5. The highest BCUT2D eigenvalue weighted by molar-refractivity contribution is 6.22. The zero-order chi connectivity index (χ0) is 17.9. The van der Waals surface area contributed by atoms with Crippen LogP contribution in [0.4, 0.5) is 17.1 Å². The lowest BCUT2D eigenvalue weighted by atomic mass is 10.0. The molecule has 0 atom stereocenters. The van der Waals surface area contributed by atoms with E-state index in [1.807, 2.05) is 44.1 Å². The van der Waals surface area contributed by atoms with E-state index in [-0.39, 0.29) is 5.91 Å². The van der Waals surface area contributed by atoms with E-state index in [9.17, 15) is 4.79 Å². The van der Waals surface area contributed by atoms with Gasteiger partial charge in [-0.1, -0.05) is 0 Å². The SMILES string of the molecule is COC1=CC(=N)C(C)=CC1=Nc1ccc(N(C)C)cc1NC(C)=O. The number of methoxy groups -OCH3 is 1. The lowest BCUT2D eigenvalue weighted by Gasteiger charge is -2.17. The topological polar surface area (TPSA) is 77.8 Å². The fourth-order valence-electron chi connectivity index (χ4n) is 2.24. The summed E-state index contributed by atoms with van der Waals surface area (Å²) in [6, 6.07) is 5.66. The summed E-state index contributed by atoms with van der Waals surface area (Å²) in [6.45, 7) is 3.32. The van der Waals surface area contributed by atoms with Gasteiger partial charge in [-0.15, -0.1) is 0 Å². The monoisotopic (exact) mass is 326 g/mol. The van der Waals surface area contributed by atoms with E-state index in [1.165, 1.54) is 6.92 Å². The average molecular weight is 326 g/mol. The number of allylic oxidation sites excluding steroid dienone is 3. The first-order valence-corrected chi connectivity index (χ1v) is 7.52. The molecule has 0 saturated heterocycles. The van der Waals surface area contributed by atoms with Gasteiger partial charge in [0.1, 0.15) is 11.5 Å². The molecule has 0 bridgehead atoms. The van der Waals surface area contributed by atoms with E-state index in [1.54, 1.807) is 19.3 Å². The predicted molar refractivity (Wildman–Crippen MR) is 98.7 cm³/mol. The smallest absolute Gasteiger partial charge is 0.221 e. The Labute approximate surface area is 142 Å². The largest absolute Gasteiger partial charge is 0.494 e. The Morgan fingerprint density at radius 1 is 1.29 bits per heavy atom. The molecule has 1 aromatic carbocycles. The first-order valence-electron chi connectivity index (χ1n) is 7.52. The van der Waals surface area contributed by atoms with Crippen LogP contribution in [0.25, 0.3) is 0 Å². The molecule has 6 heteroatoms. The van der Waals surface area contributed by atoms with E-state index in [0.29, 0.717) is 28.6 Å². The normalized spacial score (nSPS) is 15.7. The maximum absolute atomic E-state index is 11.5. The van der Waals surface area contributed by atoms with Gasteiger partial charge in [-0.05, 0) is 36.8 Å². The Bertz CT molecular complexity index is 773. The Morgan fingerprint density at radius 2 is 2.00 bits per heavy atom. The Hall–Kier alpha value is -2.89. The number of ether oxygens (including phenoxy) is 1. The third-order valence-electron chi connectivity index (χ3n) is 3.57. The minimum atomic E-state index is -0.160. The third kappa shape index (κ3) is 3.90. The minimum Gasteiger partial charge on any atom is -0.494 e. The molecule has 2 N–H and O–H groups in total. The second-order valence-electron chi connectivity index (χ2n) is 5.73. The Morgan fingerprint density at radius 3 is 2.58 bits per heavy atom. The van der Waals surface area contributed by atoms with Crippen LogP contribution in [0, 0.1) is 5.41 Å². The lowest BCUT2D eigenvalue weighted by Crippen LogP contribution is -2.13. The molecule has 0 fully saturated rings. The van der Waals surface area contributed by atoms with Crippen molar-refractivity contribution in [1.29, 1.82) is 5.41 Å². The molecule has 1 aromatic rings. The highest BCUT2D eigenvalue weighted by Crippen LogP contribution is 2.31. The molecule has 0 heterocycles. The van der Waals surface area contributed by atoms with Crippen LogP contribution in [-0.4, -0.2) is 38.5 Å². The number of aliphatic imine (C=N–C) groups is 1. The summed E-state index contributed by atoms with van der Waals surface area (Å²) in [5.41, 5.74) is 4.04. The van der Waals surface area contributed by atoms with Crippen molar-refractivity contribution in [3.8, 4) is 0 Å². The molecule has 0 unspecified atom stereocenters. The van der Waals surface area contributed by atoms with Crippen LogP contribution < -0.4 is 10.2 Å². The number of anilines is 2. The molecule has 0 radical (unpaired) electrons. The van der Waals surface area contributed by atoms with Crippen LogP contribution in [0.2, 0.25) is 0 Å². The summed E-state index contributed by atoms with van der Waals surface area (Å²) >= 11 is 0. The number of carbonyl (C=O) groups excluding carboxylic acids is 1. The van der Waals surface area contributed by atoms with Crippen LogP contribution in [0.3, 0.4) is 0 Å². The van der Waals surface area contributed by atoms with Crippen LogP contribution in [0.15, 0.2) is 46.7 Å². The van der Waals surface area contributed by atoms with E-state index in [2.05, 4.69) is 10.3 Å². The zero-order valence-electron chi connectivity index (χ0n) is 14.6. The molecule has 0 spiro atoms. The van der Waals surface area contributed by atoms with E-state index in [4.69, 9.17) is 10.1 Å². The second kappa shape index (κ2) is 7.12. The van der Waals surface area contributed by atoms with Crippen LogP contribution in [0.1, 0.15) is 13.8 Å². The van der Waals surface area contributed by atoms with Crippen LogP contribution >= 0.6 is 0 Å². The van der Waals surface area contributed by atoms with Crippen molar-refractivity contribution in [2.75, 3.05) is 31.4 Å². The average Bonchev–Trinajstić information content (AvgIpc) is 2.51. The second-order valence-corrected chi connectivity index (χ2v) is 5.73. The maximum Gasteiger partial charge on any atom is 0.221 e. The molecule has 6 nitrogen and oxygen atoms in total. The molecule has 1 amide bonds. The number of hydrogen-bond donors (Lipinski definition) is 2.